The molecule has 0 atom stereocenters. The number of hydrogen-bond donors (Lipinski definition) is 1. The predicted octanol–water partition coefficient (Wildman–Crippen LogP) is 3.22. The van der Waals surface area contributed by atoms with Crippen molar-refractivity contribution in [1.29, 1.82) is 0 Å². The van der Waals surface area contributed by atoms with Gasteiger partial charge in [-0.05, 0) is 29.8 Å². The number of sulfonamides is 1. The van der Waals surface area contributed by atoms with E-state index >= 15 is 0 Å². The van der Waals surface area contributed by atoms with Crippen molar-refractivity contribution in [2.24, 2.45) is 4.99 Å². The molecule has 1 N–H and O–H groups in total. The second-order valence-electron chi connectivity index (χ2n) is 6.14. The van der Waals surface area contributed by atoms with Crippen LogP contribution >= 0.6 is 11.8 Å². The average Bonchev–Trinajstić information content (AvgIpc) is 3.32. The summed E-state index contributed by atoms with van der Waals surface area (Å²) in [6, 6.07) is 11.9. The van der Waals surface area contributed by atoms with Crippen LogP contribution in [0.4, 0.5) is 5.69 Å². The number of nitrogens with one attached hydrogen (secondary N) is 1. The van der Waals surface area contributed by atoms with Crippen molar-refractivity contribution < 1.29 is 17.9 Å². The molecule has 0 fully saturated rings. The molecule has 2 heterocycles. The quantitative estimate of drug-likeness (QED) is 0.777. The lowest BCUT2D eigenvalue weighted by atomic mass is 10.1. The molecule has 0 saturated carbocycles. The fourth-order valence-corrected chi connectivity index (χ4v) is 5.27. The minimum atomic E-state index is -3.84. The van der Waals surface area contributed by atoms with Crippen LogP contribution in [0.3, 0.4) is 0 Å². The van der Waals surface area contributed by atoms with Crippen molar-refractivity contribution in [2.45, 2.75) is 4.90 Å². The van der Waals surface area contributed by atoms with Gasteiger partial charge in [0.15, 0.2) is 5.17 Å². The number of thioether (sulfide) groups is 1. The molecule has 7 nitrogen and oxygen atoms in total. The SMILES string of the molecule is COc1ccc(OC)c(S(=O)(=O)Nc2ccc(C3=CSC4=NCCN34)cc2)c1. The number of anilines is 1. The number of fused-ring (bicyclic) bond motifs is 1. The summed E-state index contributed by atoms with van der Waals surface area (Å²) in [6.07, 6.45) is 0. The van der Waals surface area contributed by atoms with Gasteiger partial charge in [0.2, 0.25) is 0 Å². The lowest BCUT2D eigenvalue weighted by Gasteiger charge is -2.17. The summed E-state index contributed by atoms with van der Waals surface area (Å²) in [4.78, 5) is 6.63. The highest BCUT2D eigenvalue weighted by Gasteiger charge is 2.27. The predicted molar refractivity (Wildman–Crippen MR) is 111 cm³/mol. The third-order valence-corrected chi connectivity index (χ3v) is 6.77. The summed E-state index contributed by atoms with van der Waals surface area (Å²) in [5, 5.41) is 3.09. The molecule has 2 aliphatic heterocycles. The normalized spacial score (nSPS) is 15.7. The van der Waals surface area contributed by atoms with Gasteiger partial charge < -0.3 is 14.4 Å². The van der Waals surface area contributed by atoms with Crippen LogP contribution in [0.15, 0.2) is 57.8 Å². The molecule has 4 rings (SSSR count). The Balaban J connectivity index is 1.57. The second kappa shape index (κ2) is 7.40. The molecule has 28 heavy (non-hydrogen) atoms. The highest BCUT2D eigenvalue weighted by atomic mass is 32.2. The lowest BCUT2D eigenvalue weighted by Crippen LogP contribution is -2.19. The first-order valence-electron chi connectivity index (χ1n) is 8.56. The van der Waals surface area contributed by atoms with Gasteiger partial charge in [-0.15, -0.1) is 0 Å². The van der Waals surface area contributed by atoms with Gasteiger partial charge >= 0.3 is 0 Å². The number of nitrogens with zero attached hydrogens (tertiary/aromatic N) is 2. The van der Waals surface area contributed by atoms with Gasteiger partial charge in [-0.3, -0.25) is 9.71 Å². The monoisotopic (exact) mass is 417 g/mol. The molecule has 0 saturated heterocycles. The van der Waals surface area contributed by atoms with Gasteiger partial charge in [0.05, 0.1) is 26.5 Å². The molecule has 0 unspecified atom stereocenters. The molecule has 0 aliphatic carbocycles. The fourth-order valence-electron chi connectivity index (χ4n) is 3.06. The molecule has 0 aromatic heterocycles. The minimum absolute atomic E-state index is 0.0197. The average molecular weight is 418 g/mol. The number of aliphatic imine (C=N–C) groups is 1. The second-order valence-corrected chi connectivity index (χ2v) is 8.62. The van der Waals surface area contributed by atoms with Crippen LogP contribution in [0, 0.1) is 0 Å². The Bertz CT molecular complexity index is 1060. The molecule has 2 aromatic rings. The molecule has 0 spiro atoms. The summed E-state index contributed by atoms with van der Waals surface area (Å²) in [7, 11) is -0.926. The summed E-state index contributed by atoms with van der Waals surface area (Å²) in [5.41, 5.74) is 2.57. The Labute approximate surface area is 168 Å². The van der Waals surface area contributed by atoms with Crippen LogP contribution in [0.1, 0.15) is 5.56 Å². The standard InChI is InChI=1S/C19H19N3O4S2/c1-25-15-7-8-17(26-2)18(11-15)28(23,24)21-14-5-3-13(4-6-14)16-12-27-19-20-9-10-22(16)19/h3-8,11-12,21H,9-10H2,1-2H3. The number of benzene rings is 2. The lowest BCUT2D eigenvalue weighted by molar-refractivity contribution is 0.392. The number of amidine groups is 1. The molecule has 146 valence electrons. The van der Waals surface area contributed by atoms with E-state index in [0.717, 1.165) is 29.5 Å². The van der Waals surface area contributed by atoms with Crippen LogP contribution in [0.2, 0.25) is 0 Å². The molecule has 2 aliphatic rings. The van der Waals surface area contributed by atoms with Gasteiger partial charge in [0.1, 0.15) is 16.4 Å². The van der Waals surface area contributed by atoms with Crippen LogP contribution in [-0.2, 0) is 10.0 Å². The Hall–Kier alpha value is -2.65. The molecular formula is C19H19N3O4S2. The maximum absolute atomic E-state index is 12.9. The van der Waals surface area contributed by atoms with Crippen LogP contribution in [0.25, 0.3) is 5.70 Å². The zero-order chi connectivity index (χ0) is 19.7. The molecular weight excluding hydrogens is 398 g/mol. The maximum atomic E-state index is 12.9. The topological polar surface area (TPSA) is 80.2 Å². The van der Waals surface area contributed by atoms with Gasteiger partial charge in [-0.1, -0.05) is 23.9 Å². The van der Waals surface area contributed by atoms with Gasteiger partial charge in [-0.25, -0.2) is 8.42 Å². The van der Waals surface area contributed by atoms with Crippen LogP contribution in [-0.4, -0.2) is 45.8 Å². The molecule has 9 heteroatoms. The summed E-state index contributed by atoms with van der Waals surface area (Å²) >= 11 is 1.61. The van der Waals surface area contributed by atoms with E-state index < -0.39 is 10.0 Å². The maximum Gasteiger partial charge on any atom is 0.265 e. The molecule has 0 bridgehead atoms. The Kier molecular flexibility index (Phi) is 4.94. The van der Waals surface area contributed by atoms with Crippen molar-refractivity contribution in [2.75, 3.05) is 32.0 Å². The largest absolute Gasteiger partial charge is 0.497 e. The van der Waals surface area contributed by atoms with Gasteiger partial charge in [0.25, 0.3) is 10.0 Å². The highest BCUT2D eigenvalue weighted by Crippen LogP contribution is 2.36. The Morgan fingerprint density at radius 3 is 2.61 bits per heavy atom. The summed E-state index contributed by atoms with van der Waals surface area (Å²) in [5.74, 6) is 0.684. The third kappa shape index (κ3) is 3.43. The summed E-state index contributed by atoms with van der Waals surface area (Å²) < 4.78 is 38.6. The highest BCUT2D eigenvalue weighted by molar-refractivity contribution is 8.16. The van der Waals surface area contributed by atoms with Crippen molar-refractivity contribution in [1.82, 2.24) is 4.90 Å². The zero-order valence-corrected chi connectivity index (χ0v) is 17.0. The molecule has 0 radical (unpaired) electrons. The van der Waals surface area contributed by atoms with Crippen molar-refractivity contribution >= 4 is 38.3 Å². The van der Waals surface area contributed by atoms with E-state index in [4.69, 9.17) is 9.47 Å². The zero-order valence-electron chi connectivity index (χ0n) is 15.4. The van der Waals surface area contributed by atoms with Crippen LogP contribution in [0.5, 0.6) is 11.5 Å². The van der Waals surface area contributed by atoms with E-state index in [0.29, 0.717) is 11.4 Å². The third-order valence-electron chi connectivity index (χ3n) is 4.46. The van der Waals surface area contributed by atoms with Crippen molar-refractivity contribution in [3.05, 3.63) is 53.4 Å². The molecule has 2 aromatic carbocycles. The number of hydrogen-bond acceptors (Lipinski definition) is 7. The van der Waals surface area contributed by atoms with Crippen molar-refractivity contribution in [3.63, 3.8) is 0 Å². The van der Waals surface area contributed by atoms with E-state index in [-0.39, 0.29) is 10.6 Å². The number of rotatable bonds is 6. The van der Waals surface area contributed by atoms with Crippen LogP contribution < -0.4 is 14.2 Å². The number of ether oxygens (including phenoxy) is 2. The minimum Gasteiger partial charge on any atom is -0.497 e. The Morgan fingerprint density at radius 1 is 1.11 bits per heavy atom. The molecule has 0 amide bonds. The van der Waals surface area contributed by atoms with Crippen molar-refractivity contribution in [3.8, 4) is 11.5 Å². The van der Waals surface area contributed by atoms with Gasteiger partial charge in [-0.2, -0.15) is 0 Å². The Morgan fingerprint density at radius 2 is 1.89 bits per heavy atom. The smallest absolute Gasteiger partial charge is 0.265 e. The van der Waals surface area contributed by atoms with E-state index in [9.17, 15) is 8.42 Å². The first-order chi connectivity index (χ1) is 13.5. The van der Waals surface area contributed by atoms with E-state index in [1.54, 1.807) is 36.0 Å². The van der Waals surface area contributed by atoms with Gasteiger partial charge in [0, 0.05) is 23.7 Å². The van der Waals surface area contributed by atoms with E-state index in [1.165, 1.54) is 20.3 Å². The first kappa shape index (κ1) is 18.7. The fraction of sp³-hybridized carbons (Fsp3) is 0.211. The van der Waals surface area contributed by atoms with E-state index in [2.05, 4.69) is 20.0 Å². The van der Waals surface area contributed by atoms with E-state index in [1.807, 2.05) is 12.1 Å². The first-order valence-corrected chi connectivity index (χ1v) is 10.9. The summed E-state index contributed by atoms with van der Waals surface area (Å²) in [6.45, 7) is 1.68. The number of methoxy groups -OCH3 is 2.